The normalized spacial score (nSPS) is 22.6. The number of rotatable bonds is 6. The zero-order chi connectivity index (χ0) is 15.0. The fourth-order valence-corrected chi connectivity index (χ4v) is 3.21. The minimum Gasteiger partial charge on any atom is -0.632 e. The number of carbonyl (C=O) groups excluding carboxylic acids is 1. The largest absolute Gasteiger partial charge is 0.632 e. The minimum atomic E-state index is -2.14. The molecule has 20 heavy (non-hydrogen) atoms. The highest BCUT2D eigenvalue weighted by Gasteiger charge is 2.61. The number of nitrogens with two attached hydrogens (primary N) is 1. The molecule has 0 aliphatic heterocycles. The van der Waals surface area contributed by atoms with Gasteiger partial charge in [-0.1, -0.05) is 30.3 Å². The summed E-state index contributed by atoms with van der Waals surface area (Å²) in [6.07, 6.45) is 1.65. The van der Waals surface area contributed by atoms with Crippen LogP contribution in [-0.2, 0) is 11.2 Å². The van der Waals surface area contributed by atoms with Crippen LogP contribution >= 0.6 is 9.24 Å². The highest BCUT2D eigenvalue weighted by Crippen LogP contribution is 2.46. The first kappa shape index (κ1) is 15.5. The lowest BCUT2D eigenvalue weighted by Gasteiger charge is -2.45. The summed E-state index contributed by atoms with van der Waals surface area (Å²) in [6, 6.07) is 9.05. The number of nitrogens with one attached hydrogen (secondary N) is 1. The van der Waals surface area contributed by atoms with E-state index in [0.717, 1.165) is 18.4 Å². The molecule has 0 aromatic heterocycles. The van der Waals surface area contributed by atoms with Crippen LogP contribution in [0.3, 0.4) is 0 Å². The lowest BCUT2D eigenvalue weighted by atomic mass is 9.90. The van der Waals surface area contributed by atoms with Gasteiger partial charge in [0.05, 0.1) is 7.05 Å². The fraction of sp³-hybridized carbons (Fsp3) is 0.500. The minimum absolute atomic E-state index is 0.00299. The third-order valence-corrected chi connectivity index (χ3v) is 4.89. The number of carbonyl (C=O) groups is 1. The van der Waals surface area contributed by atoms with Gasteiger partial charge in [-0.05, 0) is 24.3 Å². The van der Waals surface area contributed by atoms with Crippen LogP contribution in [0.5, 0.6) is 0 Å². The maximum absolute atomic E-state index is 12.5. The van der Waals surface area contributed by atoms with Gasteiger partial charge in [-0.3, -0.25) is 4.79 Å². The molecule has 1 aliphatic rings. The summed E-state index contributed by atoms with van der Waals surface area (Å²) in [4.78, 5) is 12.5. The molecule has 4 atom stereocenters. The number of ketones is 1. The Morgan fingerprint density at radius 3 is 2.50 bits per heavy atom. The highest BCUT2D eigenvalue weighted by molar-refractivity contribution is 7.19. The summed E-state index contributed by atoms with van der Waals surface area (Å²) in [5.74, 6) is -0.554. The smallest absolute Gasteiger partial charge is 0.281 e. The molecule has 1 saturated carbocycles. The Bertz CT molecular complexity index is 488. The summed E-state index contributed by atoms with van der Waals surface area (Å²) < 4.78 is 0. The Balaban J connectivity index is 2.26. The van der Waals surface area contributed by atoms with Gasteiger partial charge < -0.3 is 21.1 Å². The summed E-state index contributed by atoms with van der Waals surface area (Å²) in [6.45, 7) is 0. The molecular formula is C14H21N2O3P. The van der Waals surface area contributed by atoms with Crippen LogP contribution in [-0.4, -0.2) is 28.9 Å². The number of likely N-dealkylation sites (N-methyl/N-ethyl adjacent to an activating group) is 1. The van der Waals surface area contributed by atoms with Crippen molar-refractivity contribution >= 4 is 15.0 Å². The molecule has 4 unspecified atom stereocenters. The van der Waals surface area contributed by atoms with Gasteiger partial charge in [-0.2, -0.15) is 0 Å². The molecule has 1 fully saturated rings. The van der Waals surface area contributed by atoms with E-state index in [1.807, 2.05) is 18.2 Å². The monoisotopic (exact) mass is 296 g/mol. The van der Waals surface area contributed by atoms with Crippen molar-refractivity contribution in [1.82, 2.24) is 0 Å². The van der Waals surface area contributed by atoms with Crippen LogP contribution in [0.1, 0.15) is 18.4 Å². The van der Waals surface area contributed by atoms with Crippen molar-refractivity contribution in [1.29, 1.82) is 0 Å². The van der Waals surface area contributed by atoms with Crippen LogP contribution in [0, 0.1) is 11.1 Å². The molecule has 4 N–H and O–H groups in total. The first-order valence-corrected chi connectivity index (χ1v) is 7.26. The standard InChI is InChI=1S/C14H21N2O3P/c1-16(19)14(18,13(15,20)11-7-8-11)12(17)9-10-5-3-2-4-6-10/h2-6,11,16,18H,7-9,15,20H2,1H3. The number of Topliss-reactive ketones (excluding diaryl/α,β-unsaturated/α-hetero) is 1. The van der Waals surface area contributed by atoms with Gasteiger partial charge in [0.2, 0.25) is 5.78 Å². The van der Waals surface area contributed by atoms with Crippen molar-refractivity contribution in [3.05, 3.63) is 41.1 Å². The van der Waals surface area contributed by atoms with Crippen LogP contribution in [0.2, 0.25) is 0 Å². The van der Waals surface area contributed by atoms with E-state index in [4.69, 9.17) is 5.73 Å². The second-order valence-corrected chi connectivity index (χ2v) is 6.51. The Morgan fingerprint density at radius 1 is 1.50 bits per heavy atom. The second-order valence-electron chi connectivity index (χ2n) is 5.56. The summed E-state index contributed by atoms with van der Waals surface area (Å²) >= 11 is 0. The molecule has 0 heterocycles. The van der Waals surface area contributed by atoms with Crippen molar-refractivity contribution in [2.75, 3.05) is 7.05 Å². The highest BCUT2D eigenvalue weighted by atomic mass is 31.0. The Kier molecular flexibility index (Phi) is 4.28. The number of benzene rings is 1. The molecule has 110 valence electrons. The summed E-state index contributed by atoms with van der Waals surface area (Å²) in [5, 5.41) is 20.7. The average Bonchev–Trinajstić information content (AvgIpc) is 3.22. The molecule has 1 aromatic rings. The van der Waals surface area contributed by atoms with E-state index >= 15 is 0 Å². The molecule has 0 amide bonds. The van der Waals surface area contributed by atoms with Crippen molar-refractivity contribution in [2.45, 2.75) is 30.3 Å². The molecule has 0 spiro atoms. The zero-order valence-corrected chi connectivity index (χ0v) is 12.7. The Hall–Kier alpha value is -0.840. The molecule has 1 aliphatic carbocycles. The van der Waals surface area contributed by atoms with Gasteiger partial charge in [0.1, 0.15) is 5.28 Å². The number of hydroxylamine groups is 2. The van der Waals surface area contributed by atoms with Crippen LogP contribution in [0.15, 0.2) is 30.3 Å². The van der Waals surface area contributed by atoms with E-state index in [9.17, 15) is 15.1 Å². The Morgan fingerprint density at radius 2 is 2.05 bits per heavy atom. The van der Waals surface area contributed by atoms with E-state index in [1.165, 1.54) is 7.05 Å². The second kappa shape index (κ2) is 5.51. The molecule has 2 rings (SSSR count). The summed E-state index contributed by atoms with van der Waals surface area (Å²) in [7, 11) is 3.55. The van der Waals surface area contributed by atoms with Gasteiger partial charge in [-0.15, -0.1) is 9.24 Å². The van der Waals surface area contributed by atoms with Crippen LogP contribution < -0.4 is 10.8 Å². The first-order chi connectivity index (χ1) is 9.30. The quantitative estimate of drug-likeness (QED) is 0.373. The number of aliphatic hydroxyl groups is 1. The number of quaternary nitrogens is 1. The maximum atomic E-state index is 12.5. The fourth-order valence-electron chi connectivity index (χ4n) is 2.51. The SMILES string of the molecule is C[NH+]([O-])C(O)(C(=O)Cc1ccccc1)C(N)(P)C1CC1. The average molecular weight is 296 g/mol. The van der Waals surface area contributed by atoms with E-state index in [2.05, 4.69) is 9.24 Å². The van der Waals surface area contributed by atoms with E-state index in [0.29, 0.717) is 0 Å². The summed E-state index contributed by atoms with van der Waals surface area (Å²) in [5.41, 5.74) is 4.74. The third-order valence-electron chi connectivity index (χ3n) is 4.00. The first-order valence-electron chi connectivity index (χ1n) is 6.68. The van der Waals surface area contributed by atoms with Crippen LogP contribution in [0.4, 0.5) is 0 Å². The molecule has 1 aromatic carbocycles. The van der Waals surface area contributed by atoms with Gasteiger partial charge >= 0.3 is 0 Å². The van der Waals surface area contributed by atoms with Gasteiger partial charge in [0.25, 0.3) is 5.72 Å². The topological polar surface area (TPSA) is 90.8 Å². The lowest BCUT2D eigenvalue weighted by Crippen LogP contribution is -3.19. The van der Waals surface area contributed by atoms with Crippen LogP contribution in [0.25, 0.3) is 0 Å². The molecule has 0 bridgehead atoms. The third kappa shape index (κ3) is 2.65. The molecule has 0 radical (unpaired) electrons. The molecule has 6 heteroatoms. The molecule has 0 saturated heterocycles. The lowest BCUT2D eigenvalue weighted by molar-refractivity contribution is -0.905. The maximum Gasteiger partial charge on any atom is 0.281 e. The van der Waals surface area contributed by atoms with Crippen molar-refractivity contribution in [3.63, 3.8) is 0 Å². The van der Waals surface area contributed by atoms with Crippen molar-refractivity contribution < 1.29 is 15.0 Å². The molecule has 5 nitrogen and oxygen atoms in total. The van der Waals surface area contributed by atoms with E-state index in [1.54, 1.807) is 12.1 Å². The predicted molar refractivity (Wildman–Crippen MR) is 79.7 cm³/mol. The van der Waals surface area contributed by atoms with Crippen molar-refractivity contribution in [3.8, 4) is 0 Å². The number of hydrogen-bond donors (Lipinski definition) is 3. The van der Waals surface area contributed by atoms with E-state index < -0.39 is 21.9 Å². The zero-order valence-electron chi connectivity index (χ0n) is 11.5. The Labute approximate surface area is 120 Å². The van der Waals surface area contributed by atoms with Gasteiger partial charge in [0.15, 0.2) is 0 Å². The van der Waals surface area contributed by atoms with Gasteiger partial charge in [0, 0.05) is 6.42 Å². The van der Waals surface area contributed by atoms with Crippen molar-refractivity contribution in [2.24, 2.45) is 11.7 Å². The molecular weight excluding hydrogens is 275 g/mol. The predicted octanol–water partition coefficient (Wildman–Crippen LogP) is -0.561. The van der Waals surface area contributed by atoms with E-state index in [-0.39, 0.29) is 12.3 Å². The van der Waals surface area contributed by atoms with Gasteiger partial charge in [-0.25, -0.2) is 0 Å². The number of hydrogen-bond acceptors (Lipinski definition) is 4.